The van der Waals surface area contributed by atoms with Crippen LogP contribution in [0, 0.1) is 0 Å². The number of carboxylic acid groups (broad SMARTS) is 1. The van der Waals surface area contributed by atoms with Crippen molar-refractivity contribution >= 4 is 17.6 Å². The minimum absolute atomic E-state index is 0.269. The van der Waals surface area contributed by atoms with E-state index in [2.05, 4.69) is 5.32 Å². The minimum Gasteiger partial charge on any atom is -0.478 e. The predicted octanol–water partition coefficient (Wildman–Crippen LogP) is 2.14. The average Bonchev–Trinajstić information content (AvgIpc) is 2.48. The number of hydrogen-bond acceptors (Lipinski definition) is 3. The number of rotatable bonds is 6. The fourth-order valence-electron chi connectivity index (χ4n) is 2.05. The largest absolute Gasteiger partial charge is 0.478 e. The van der Waals surface area contributed by atoms with Gasteiger partial charge in [0, 0.05) is 12.2 Å². The molecule has 0 fully saturated rings. The molecule has 0 aliphatic heterocycles. The van der Waals surface area contributed by atoms with E-state index in [-0.39, 0.29) is 5.56 Å². The van der Waals surface area contributed by atoms with Crippen LogP contribution in [0.25, 0.3) is 0 Å². The molecule has 2 aromatic carbocycles. The molecule has 0 aliphatic carbocycles. The predicted molar refractivity (Wildman–Crippen MR) is 80.6 cm³/mol. The average molecular weight is 284 g/mol. The zero-order chi connectivity index (χ0) is 15.2. The molecule has 0 radical (unpaired) electrons. The third kappa shape index (κ3) is 3.82. The lowest BCUT2D eigenvalue weighted by molar-refractivity contribution is 0.0696. The van der Waals surface area contributed by atoms with Crippen LogP contribution in [0.4, 0.5) is 5.69 Å². The molecular formula is C16H16N2O3. The number of carbonyl (C=O) groups excluding carboxylic acids is 1. The number of carbonyl (C=O) groups is 2. The Labute approximate surface area is 122 Å². The molecular weight excluding hydrogens is 268 g/mol. The van der Waals surface area contributed by atoms with Gasteiger partial charge in [0.05, 0.1) is 11.1 Å². The van der Waals surface area contributed by atoms with Gasteiger partial charge in [0.1, 0.15) is 0 Å². The summed E-state index contributed by atoms with van der Waals surface area (Å²) < 4.78 is 0. The van der Waals surface area contributed by atoms with E-state index in [1.807, 2.05) is 12.1 Å². The molecule has 0 aliphatic rings. The fourth-order valence-corrected chi connectivity index (χ4v) is 2.05. The molecule has 21 heavy (non-hydrogen) atoms. The highest BCUT2D eigenvalue weighted by atomic mass is 16.4. The van der Waals surface area contributed by atoms with E-state index in [0.29, 0.717) is 24.2 Å². The smallest absolute Gasteiger partial charge is 0.335 e. The van der Waals surface area contributed by atoms with Gasteiger partial charge >= 0.3 is 5.97 Å². The van der Waals surface area contributed by atoms with Crippen LogP contribution in [0.1, 0.15) is 26.3 Å². The maximum atomic E-state index is 11.3. The quantitative estimate of drug-likeness (QED) is 0.757. The summed E-state index contributed by atoms with van der Waals surface area (Å²) in [6.07, 6.45) is 0.647. The van der Waals surface area contributed by atoms with Gasteiger partial charge in [-0.2, -0.15) is 0 Å². The first kappa shape index (κ1) is 14.6. The molecule has 0 bridgehead atoms. The van der Waals surface area contributed by atoms with Gasteiger partial charge in [0.2, 0.25) is 0 Å². The number of amides is 1. The second kappa shape index (κ2) is 6.56. The fraction of sp³-hybridized carbons (Fsp3) is 0.125. The van der Waals surface area contributed by atoms with Gasteiger partial charge in [-0.1, -0.05) is 24.3 Å². The third-order valence-corrected chi connectivity index (χ3v) is 3.10. The number of nitrogens with one attached hydrogen (secondary N) is 1. The van der Waals surface area contributed by atoms with Crippen LogP contribution < -0.4 is 11.1 Å². The molecule has 0 saturated heterocycles. The highest BCUT2D eigenvalue weighted by Crippen LogP contribution is 2.14. The Morgan fingerprint density at radius 2 is 1.86 bits per heavy atom. The Balaban J connectivity index is 2.00. The Hall–Kier alpha value is -2.82. The second-order valence-corrected chi connectivity index (χ2v) is 4.59. The van der Waals surface area contributed by atoms with Gasteiger partial charge in [-0.25, -0.2) is 4.79 Å². The number of hydrogen-bond donors (Lipinski definition) is 3. The standard InChI is InChI=1S/C16H16N2O3/c17-15(19)13-6-1-2-7-14(13)18-9-8-11-4-3-5-12(10-11)16(20)21/h1-7,10,18H,8-9H2,(H2,17,19)(H,20,21). The summed E-state index contributed by atoms with van der Waals surface area (Å²) in [5.74, 6) is -1.42. The molecule has 108 valence electrons. The number of anilines is 1. The van der Waals surface area contributed by atoms with Crippen molar-refractivity contribution in [3.8, 4) is 0 Å². The first-order valence-corrected chi connectivity index (χ1v) is 6.53. The lowest BCUT2D eigenvalue weighted by Gasteiger charge is -2.10. The van der Waals surface area contributed by atoms with Gasteiger partial charge in [0.15, 0.2) is 0 Å². The molecule has 0 saturated carbocycles. The molecule has 0 heterocycles. The molecule has 1 amide bonds. The zero-order valence-corrected chi connectivity index (χ0v) is 11.4. The van der Waals surface area contributed by atoms with Crippen LogP contribution in [0.5, 0.6) is 0 Å². The van der Waals surface area contributed by atoms with Crippen molar-refractivity contribution < 1.29 is 14.7 Å². The van der Waals surface area contributed by atoms with E-state index in [0.717, 1.165) is 5.56 Å². The monoisotopic (exact) mass is 284 g/mol. The van der Waals surface area contributed by atoms with E-state index in [9.17, 15) is 9.59 Å². The van der Waals surface area contributed by atoms with Crippen molar-refractivity contribution in [2.24, 2.45) is 5.73 Å². The van der Waals surface area contributed by atoms with E-state index in [1.54, 1.807) is 36.4 Å². The molecule has 5 nitrogen and oxygen atoms in total. The summed E-state index contributed by atoms with van der Waals surface area (Å²) in [6.45, 7) is 0.577. The summed E-state index contributed by atoms with van der Waals surface area (Å²) in [6, 6.07) is 13.8. The van der Waals surface area contributed by atoms with Crippen LogP contribution in [0.3, 0.4) is 0 Å². The van der Waals surface area contributed by atoms with Crippen molar-refractivity contribution in [2.45, 2.75) is 6.42 Å². The molecule has 0 aromatic heterocycles. The zero-order valence-electron chi connectivity index (χ0n) is 11.4. The first-order chi connectivity index (χ1) is 10.1. The topological polar surface area (TPSA) is 92.4 Å². The second-order valence-electron chi connectivity index (χ2n) is 4.59. The minimum atomic E-state index is -0.941. The van der Waals surface area contributed by atoms with E-state index in [4.69, 9.17) is 10.8 Å². The molecule has 5 heteroatoms. The number of carboxylic acids is 1. The van der Waals surface area contributed by atoms with Crippen LogP contribution in [-0.4, -0.2) is 23.5 Å². The molecule has 2 rings (SSSR count). The van der Waals surface area contributed by atoms with E-state index >= 15 is 0 Å². The molecule has 2 aromatic rings. The van der Waals surface area contributed by atoms with Crippen molar-refractivity contribution in [3.05, 3.63) is 65.2 Å². The van der Waals surface area contributed by atoms with E-state index in [1.165, 1.54) is 0 Å². The van der Waals surface area contributed by atoms with Gasteiger partial charge in [-0.05, 0) is 36.2 Å². The first-order valence-electron chi connectivity index (χ1n) is 6.53. The third-order valence-electron chi connectivity index (χ3n) is 3.10. The summed E-state index contributed by atoms with van der Waals surface area (Å²) in [5.41, 5.74) is 7.61. The maximum Gasteiger partial charge on any atom is 0.335 e. The number of benzene rings is 2. The van der Waals surface area contributed by atoms with Crippen LogP contribution in [0.2, 0.25) is 0 Å². The number of para-hydroxylation sites is 1. The highest BCUT2D eigenvalue weighted by molar-refractivity contribution is 5.98. The number of aromatic carboxylic acids is 1. The van der Waals surface area contributed by atoms with Crippen LogP contribution >= 0.6 is 0 Å². The summed E-state index contributed by atoms with van der Waals surface area (Å²) >= 11 is 0. The lowest BCUT2D eigenvalue weighted by atomic mass is 10.1. The SMILES string of the molecule is NC(=O)c1ccccc1NCCc1cccc(C(=O)O)c1. The van der Waals surface area contributed by atoms with Gasteiger partial charge in [0.25, 0.3) is 5.91 Å². The van der Waals surface area contributed by atoms with Crippen LogP contribution in [-0.2, 0) is 6.42 Å². The Bertz CT molecular complexity index is 668. The summed E-state index contributed by atoms with van der Waals surface area (Å²) in [4.78, 5) is 22.2. The van der Waals surface area contributed by atoms with E-state index < -0.39 is 11.9 Å². The molecule has 0 spiro atoms. The van der Waals surface area contributed by atoms with Crippen molar-refractivity contribution in [2.75, 3.05) is 11.9 Å². The van der Waals surface area contributed by atoms with Crippen molar-refractivity contribution in [1.82, 2.24) is 0 Å². The van der Waals surface area contributed by atoms with Crippen molar-refractivity contribution in [3.63, 3.8) is 0 Å². The maximum absolute atomic E-state index is 11.3. The highest BCUT2D eigenvalue weighted by Gasteiger charge is 2.07. The molecule has 4 N–H and O–H groups in total. The summed E-state index contributed by atoms with van der Waals surface area (Å²) in [7, 11) is 0. The normalized spacial score (nSPS) is 10.1. The Kier molecular flexibility index (Phi) is 4.56. The molecule has 0 atom stereocenters. The summed E-state index contributed by atoms with van der Waals surface area (Å²) in [5, 5.41) is 12.1. The van der Waals surface area contributed by atoms with Gasteiger partial charge in [-0.15, -0.1) is 0 Å². The molecule has 0 unspecified atom stereocenters. The number of nitrogens with two attached hydrogens (primary N) is 1. The Morgan fingerprint density at radius 3 is 2.57 bits per heavy atom. The Morgan fingerprint density at radius 1 is 1.10 bits per heavy atom. The van der Waals surface area contributed by atoms with Gasteiger partial charge < -0.3 is 16.2 Å². The van der Waals surface area contributed by atoms with Crippen LogP contribution in [0.15, 0.2) is 48.5 Å². The lowest BCUT2D eigenvalue weighted by Crippen LogP contribution is -2.15. The number of primary amides is 1. The van der Waals surface area contributed by atoms with Crippen molar-refractivity contribution in [1.29, 1.82) is 0 Å². The van der Waals surface area contributed by atoms with Gasteiger partial charge in [-0.3, -0.25) is 4.79 Å².